The number of nitrogens with zero attached hydrogens (tertiary/aromatic N) is 1. The van der Waals surface area contributed by atoms with Crippen LogP contribution in [0.15, 0.2) is 30.3 Å². The summed E-state index contributed by atoms with van der Waals surface area (Å²) in [7, 11) is 0. The first kappa shape index (κ1) is 21.2. The van der Waals surface area contributed by atoms with E-state index in [-0.39, 0.29) is 30.5 Å². The van der Waals surface area contributed by atoms with E-state index in [1.807, 2.05) is 56.0 Å². The zero-order chi connectivity index (χ0) is 19.8. The quantitative estimate of drug-likeness (QED) is 0.767. The van der Waals surface area contributed by atoms with Gasteiger partial charge in [0.1, 0.15) is 6.61 Å². The average Bonchev–Trinajstić information content (AvgIpc) is 2.68. The Kier molecular flexibility index (Phi) is 8.10. The Hall–Kier alpha value is -2.08. The molecule has 3 N–H and O–H groups in total. The van der Waals surface area contributed by atoms with Crippen LogP contribution in [0.2, 0.25) is 0 Å². The van der Waals surface area contributed by atoms with Crippen molar-refractivity contribution in [1.82, 2.24) is 10.2 Å². The molecule has 0 aliphatic heterocycles. The van der Waals surface area contributed by atoms with Crippen LogP contribution < -0.4 is 11.1 Å². The number of hydrogen-bond acceptors (Lipinski definition) is 4. The Morgan fingerprint density at radius 3 is 2.52 bits per heavy atom. The van der Waals surface area contributed by atoms with Crippen LogP contribution in [-0.4, -0.2) is 41.6 Å². The number of nitrogens with two attached hydrogens (primary N) is 1. The van der Waals surface area contributed by atoms with Crippen molar-refractivity contribution in [3.05, 3.63) is 35.9 Å². The molecular formula is C21H33N3O3. The van der Waals surface area contributed by atoms with Crippen LogP contribution in [0.5, 0.6) is 0 Å². The summed E-state index contributed by atoms with van der Waals surface area (Å²) in [4.78, 5) is 26.9. The maximum absolute atomic E-state index is 12.8. The highest BCUT2D eigenvalue weighted by atomic mass is 16.5. The fourth-order valence-electron chi connectivity index (χ4n) is 3.60. The van der Waals surface area contributed by atoms with Crippen molar-refractivity contribution < 1.29 is 14.3 Å². The van der Waals surface area contributed by atoms with Gasteiger partial charge in [-0.2, -0.15) is 0 Å². The Morgan fingerprint density at radius 1 is 1.22 bits per heavy atom. The standard InChI is InChI=1S/C21H33N3O3/c1-4-24(20(25)19(22)15(2)3)18-13-9-8-12-17(18)23-21(26)27-14-16-10-6-5-7-11-16/h5-7,10-11,15,17-19H,4,8-9,12-14,22H2,1-3H3,(H,23,26)/t17?,18?,19-/m0/s1. The summed E-state index contributed by atoms with van der Waals surface area (Å²) in [5, 5.41) is 2.98. The van der Waals surface area contributed by atoms with E-state index in [0.717, 1.165) is 31.2 Å². The van der Waals surface area contributed by atoms with Crippen LogP contribution in [0.3, 0.4) is 0 Å². The maximum atomic E-state index is 12.8. The number of rotatable bonds is 7. The van der Waals surface area contributed by atoms with Crippen molar-refractivity contribution in [2.45, 2.75) is 71.2 Å². The second-order valence-electron chi connectivity index (χ2n) is 7.56. The third-order valence-electron chi connectivity index (χ3n) is 5.27. The molecule has 1 aromatic rings. The zero-order valence-corrected chi connectivity index (χ0v) is 16.7. The van der Waals surface area contributed by atoms with Gasteiger partial charge in [0.2, 0.25) is 5.91 Å². The molecule has 0 spiro atoms. The molecule has 1 aliphatic carbocycles. The molecule has 2 unspecified atom stereocenters. The van der Waals surface area contributed by atoms with Crippen molar-refractivity contribution in [3.63, 3.8) is 0 Å². The molecule has 0 saturated heterocycles. The van der Waals surface area contributed by atoms with E-state index in [4.69, 9.17) is 10.5 Å². The molecule has 0 bridgehead atoms. The van der Waals surface area contributed by atoms with Crippen molar-refractivity contribution in [2.24, 2.45) is 11.7 Å². The maximum Gasteiger partial charge on any atom is 0.407 e. The summed E-state index contributed by atoms with van der Waals surface area (Å²) in [6.45, 7) is 6.69. The molecule has 0 radical (unpaired) electrons. The molecule has 27 heavy (non-hydrogen) atoms. The third-order valence-corrected chi connectivity index (χ3v) is 5.27. The number of ether oxygens (including phenoxy) is 1. The predicted octanol–water partition coefficient (Wildman–Crippen LogP) is 3.06. The molecule has 6 nitrogen and oxygen atoms in total. The van der Waals surface area contributed by atoms with E-state index in [0.29, 0.717) is 6.54 Å². The van der Waals surface area contributed by atoms with Gasteiger partial charge in [-0.1, -0.05) is 57.0 Å². The van der Waals surface area contributed by atoms with Gasteiger partial charge >= 0.3 is 6.09 Å². The smallest absolute Gasteiger partial charge is 0.407 e. The SMILES string of the molecule is CCN(C(=O)[C@@H](N)C(C)C)C1CCCCC1NC(=O)OCc1ccccc1. The van der Waals surface area contributed by atoms with Gasteiger partial charge in [-0.15, -0.1) is 0 Å². The largest absolute Gasteiger partial charge is 0.445 e. The van der Waals surface area contributed by atoms with E-state index in [1.54, 1.807) is 0 Å². The van der Waals surface area contributed by atoms with E-state index in [2.05, 4.69) is 5.32 Å². The molecule has 6 heteroatoms. The van der Waals surface area contributed by atoms with Crippen LogP contribution in [0.1, 0.15) is 52.0 Å². The molecule has 1 aromatic carbocycles. The lowest BCUT2D eigenvalue weighted by Crippen LogP contribution is -2.58. The van der Waals surface area contributed by atoms with Crippen molar-refractivity contribution in [1.29, 1.82) is 0 Å². The Labute approximate surface area is 162 Å². The summed E-state index contributed by atoms with van der Waals surface area (Å²) in [6.07, 6.45) is 3.34. The van der Waals surface area contributed by atoms with Gasteiger partial charge in [-0.3, -0.25) is 4.79 Å². The third kappa shape index (κ3) is 5.96. The lowest BCUT2D eigenvalue weighted by Gasteiger charge is -2.41. The van der Waals surface area contributed by atoms with Gasteiger partial charge in [0.15, 0.2) is 0 Å². The lowest BCUT2D eigenvalue weighted by molar-refractivity contribution is -0.137. The van der Waals surface area contributed by atoms with Crippen molar-refractivity contribution >= 4 is 12.0 Å². The Balaban J connectivity index is 1.98. The first-order valence-corrected chi connectivity index (χ1v) is 9.97. The summed E-state index contributed by atoms with van der Waals surface area (Å²) >= 11 is 0. The number of carbonyl (C=O) groups excluding carboxylic acids is 2. The Bertz CT molecular complexity index is 606. The molecule has 2 amide bonds. The van der Waals surface area contributed by atoms with Crippen molar-refractivity contribution in [2.75, 3.05) is 6.54 Å². The van der Waals surface area contributed by atoms with Crippen LogP contribution >= 0.6 is 0 Å². The topological polar surface area (TPSA) is 84.7 Å². The van der Waals surface area contributed by atoms with Crippen molar-refractivity contribution in [3.8, 4) is 0 Å². The van der Waals surface area contributed by atoms with Gasteiger partial charge in [0, 0.05) is 6.54 Å². The van der Waals surface area contributed by atoms with Crippen LogP contribution in [0.25, 0.3) is 0 Å². The highest BCUT2D eigenvalue weighted by molar-refractivity contribution is 5.82. The molecule has 1 saturated carbocycles. The molecule has 2 rings (SSSR count). The minimum Gasteiger partial charge on any atom is -0.445 e. The number of alkyl carbamates (subject to hydrolysis) is 1. The van der Waals surface area contributed by atoms with Gasteiger partial charge in [0.05, 0.1) is 18.1 Å². The number of carbonyl (C=O) groups is 2. The molecule has 150 valence electrons. The number of likely N-dealkylation sites (N-methyl/N-ethyl adjacent to an activating group) is 1. The molecule has 3 atom stereocenters. The second kappa shape index (κ2) is 10.3. The molecule has 1 aliphatic rings. The monoisotopic (exact) mass is 375 g/mol. The summed E-state index contributed by atoms with van der Waals surface area (Å²) in [5.41, 5.74) is 7.04. The fourth-order valence-corrected chi connectivity index (χ4v) is 3.60. The number of amides is 2. The van der Waals surface area contributed by atoms with Gasteiger partial charge in [-0.25, -0.2) is 4.79 Å². The zero-order valence-electron chi connectivity index (χ0n) is 16.7. The predicted molar refractivity (Wildman–Crippen MR) is 106 cm³/mol. The highest BCUT2D eigenvalue weighted by Crippen LogP contribution is 2.24. The first-order valence-electron chi connectivity index (χ1n) is 9.97. The van der Waals surface area contributed by atoms with E-state index >= 15 is 0 Å². The highest BCUT2D eigenvalue weighted by Gasteiger charge is 2.35. The summed E-state index contributed by atoms with van der Waals surface area (Å²) in [5.74, 6) is 0.0428. The minimum atomic E-state index is -0.516. The fraction of sp³-hybridized carbons (Fsp3) is 0.619. The Morgan fingerprint density at radius 2 is 1.89 bits per heavy atom. The number of nitrogens with one attached hydrogen (secondary N) is 1. The van der Waals surface area contributed by atoms with Crippen LogP contribution in [0, 0.1) is 5.92 Å². The first-order chi connectivity index (χ1) is 12.9. The van der Waals surface area contributed by atoms with E-state index < -0.39 is 12.1 Å². The van der Waals surface area contributed by atoms with Gasteiger partial charge in [-0.05, 0) is 31.2 Å². The van der Waals surface area contributed by atoms with Crippen LogP contribution in [-0.2, 0) is 16.1 Å². The molecule has 1 fully saturated rings. The summed E-state index contributed by atoms with van der Waals surface area (Å²) < 4.78 is 5.36. The summed E-state index contributed by atoms with van der Waals surface area (Å²) in [6, 6.07) is 8.93. The van der Waals surface area contributed by atoms with E-state index in [9.17, 15) is 9.59 Å². The second-order valence-corrected chi connectivity index (χ2v) is 7.56. The molecular weight excluding hydrogens is 342 g/mol. The molecule has 0 heterocycles. The normalized spacial score (nSPS) is 20.8. The number of hydrogen-bond donors (Lipinski definition) is 2. The molecule has 0 aromatic heterocycles. The van der Waals surface area contributed by atoms with E-state index in [1.165, 1.54) is 0 Å². The lowest BCUT2D eigenvalue weighted by atomic mass is 9.88. The van der Waals surface area contributed by atoms with Gasteiger partial charge < -0.3 is 20.7 Å². The van der Waals surface area contributed by atoms with Gasteiger partial charge in [0.25, 0.3) is 0 Å². The average molecular weight is 376 g/mol. The minimum absolute atomic E-state index is 0.0367. The number of benzene rings is 1. The van der Waals surface area contributed by atoms with Crippen LogP contribution in [0.4, 0.5) is 4.79 Å².